The molecule has 0 aliphatic rings. The first-order chi connectivity index (χ1) is 11.8. The average molecular weight is 346 g/mol. The smallest absolute Gasteiger partial charge is 0.405 e. The fourth-order valence-electron chi connectivity index (χ4n) is 2.47. The van der Waals surface area contributed by atoms with Gasteiger partial charge in [-0.25, -0.2) is 9.59 Å². The van der Waals surface area contributed by atoms with Gasteiger partial charge in [0.1, 0.15) is 0 Å². The number of rotatable bonds is 5. The first-order valence-corrected chi connectivity index (χ1v) is 7.48. The molecule has 0 aromatic carbocycles. The predicted octanol–water partition coefficient (Wildman–Crippen LogP) is 1.48. The average Bonchev–Trinajstić information content (AvgIpc) is 2.88. The normalized spacial score (nSPS) is 11.7. The van der Waals surface area contributed by atoms with E-state index in [4.69, 9.17) is 9.47 Å². The zero-order valence-corrected chi connectivity index (χ0v) is 14.3. The van der Waals surface area contributed by atoms with E-state index < -0.39 is 23.8 Å². The van der Waals surface area contributed by atoms with Crippen molar-refractivity contribution in [3.05, 3.63) is 57.8 Å². The molecule has 0 radical (unpaired) electrons. The van der Waals surface area contributed by atoms with Crippen LogP contribution in [0.4, 0.5) is 0 Å². The first kappa shape index (κ1) is 18.2. The topological polar surface area (TPSA) is 112 Å². The number of carbonyl (C=O) groups is 3. The van der Waals surface area contributed by atoms with Crippen molar-refractivity contribution in [2.45, 2.75) is 26.9 Å². The van der Waals surface area contributed by atoms with Crippen molar-refractivity contribution in [1.82, 2.24) is 4.98 Å². The van der Waals surface area contributed by atoms with Gasteiger partial charge in [0.2, 0.25) is 5.78 Å². The van der Waals surface area contributed by atoms with Gasteiger partial charge in [-0.15, -0.1) is 0 Å². The van der Waals surface area contributed by atoms with Crippen molar-refractivity contribution in [2.24, 2.45) is 0 Å². The summed E-state index contributed by atoms with van der Waals surface area (Å²) in [6, 6.07) is 4.28. The molecule has 2 aromatic rings. The van der Waals surface area contributed by atoms with E-state index in [1.54, 1.807) is 13.8 Å². The maximum absolute atomic E-state index is 12.5. The summed E-state index contributed by atoms with van der Waals surface area (Å²) in [5.41, 5.74) is 1.09. The molecule has 1 atom stereocenters. The van der Waals surface area contributed by atoms with Crippen molar-refractivity contribution in [1.29, 1.82) is 0 Å². The number of Topliss-reactive ketones (excluding diaryl/α,β-unsaturated/α-hetero) is 1. The molecule has 0 amide bonds. The Bertz CT molecular complexity index is 840. The van der Waals surface area contributed by atoms with Crippen molar-refractivity contribution in [2.75, 3.05) is 7.11 Å². The number of ketones is 1. The fourth-order valence-corrected chi connectivity index (χ4v) is 2.47. The lowest BCUT2D eigenvalue weighted by molar-refractivity contribution is -0.608. The third-order valence-corrected chi connectivity index (χ3v) is 3.76. The molecule has 0 saturated carbocycles. The largest absolute Gasteiger partial charge is 0.618 e. The molecule has 0 fully saturated rings. The molecule has 8 heteroatoms. The van der Waals surface area contributed by atoms with Crippen molar-refractivity contribution >= 4 is 17.7 Å². The van der Waals surface area contributed by atoms with Crippen LogP contribution in [0.5, 0.6) is 0 Å². The van der Waals surface area contributed by atoms with Gasteiger partial charge in [-0.1, -0.05) is 0 Å². The summed E-state index contributed by atoms with van der Waals surface area (Å²) >= 11 is 0. The molecule has 8 nitrogen and oxygen atoms in total. The second-order valence-corrected chi connectivity index (χ2v) is 5.44. The Morgan fingerprint density at radius 1 is 1.20 bits per heavy atom. The van der Waals surface area contributed by atoms with Crippen LogP contribution in [0.1, 0.15) is 49.5 Å². The van der Waals surface area contributed by atoms with Gasteiger partial charge in [0.05, 0.1) is 18.4 Å². The Kier molecular flexibility index (Phi) is 5.21. The summed E-state index contributed by atoms with van der Waals surface area (Å²) in [6.45, 7) is 4.63. The Hall–Kier alpha value is -3.16. The second-order valence-electron chi connectivity index (χ2n) is 5.44. The zero-order chi connectivity index (χ0) is 18.7. The molecule has 0 bridgehead atoms. The number of H-pyrrole nitrogens is 1. The molecule has 0 saturated heterocycles. The Balaban J connectivity index is 2.22. The molecule has 2 rings (SSSR count). The van der Waals surface area contributed by atoms with Gasteiger partial charge >= 0.3 is 17.6 Å². The number of aromatic amines is 1. The number of pyridine rings is 1. The number of hydrogen-bond acceptors (Lipinski definition) is 6. The molecular formula is C17H18N2O6. The minimum absolute atomic E-state index is 0.154. The molecule has 0 aliphatic heterocycles. The van der Waals surface area contributed by atoms with E-state index in [1.165, 1.54) is 32.2 Å². The lowest BCUT2D eigenvalue weighted by atomic mass is 10.1. The van der Waals surface area contributed by atoms with Gasteiger partial charge < -0.3 is 19.7 Å². The third kappa shape index (κ3) is 3.52. The van der Waals surface area contributed by atoms with Gasteiger partial charge in [0.25, 0.3) is 0 Å². The lowest BCUT2D eigenvalue weighted by Gasteiger charge is -2.11. The highest BCUT2D eigenvalue weighted by Gasteiger charge is 2.29. The number of aryl methyl sites for hydroxylation is 1. The number of esters is 2. The van der Waals surface area contributed by atoms with Gasteiger partial charge in [-0.3, -0.25) is 4.79 Å². The number of methoxy groups -OCH3 is 1. The molecule has 132 valence electrons. The quantitative estimate of drug-likeness (QED) is 0.380. The van der Waals surface area contributed by atoms with Crippen LogP contribution in [0.25, 0.3) is 0 Å². The van der Waals surface area contributed by atoms with Crippen LogP contribution in [0.2, 0.25) is 0 Å². The zero-order valence-electron chi connectivity index (χ0n) is 14.3. The second kappa shape index (κ2) is 7.16. The number of carbonyl (C=O) groups excluding carboxylic acids is 3. The van der Waals surface area contributed by atoms with E-state index in [2.05, 4.69) is 4.98 Å². The van der Waals surface area contributed by atoms with Crippen LogP contribution in [0, 0.1) is 19.1 Å². The summed E-state index contributed by atoms with van der Waals surface area (Å²) in [5, 5.41) is 11.6. The predicted molar refractivity (Wildman–Crippen MR) is 86.2 cm³/mol. The first-order valence-electron chi connectivity index (χ1n) is 7.48. The molecule has 25 heavy (non-hydrogen) atoms. The number of nitrogens with zero attached hydrogens (tertiary/aromatic N) is 1. The molecular weight excluding hydrogens is 328 g/mol. The molecule has 0 spiro atoms. The number of aromatic nitrogens is 2. The molecule has 1 N–H and O–H groups in total. The molecule has 0 unspecified atom stereocenters. The van der Waals surface area contributed by atoms with E-state index >= 15 is 0 Å². The van der Waals surface area contributed by atoms with E-state index in [-0.39, 0.29) is 17.0 Å². The molecule has 0 aliphatic carbocycles. The van der Waals surface area contributed by atoms with Crippen LogP contribution >= 0.6 is 0 Å². The van der Waals surface area contributed by atoms with Crippen molar-refractivity contribution in [3.8, 4) is 0 Å². The minimum Gasteiger partial charge on any atom is -0.618 e. The highest BCUT2D eigenvalue weighted by molar-refractivity contribution is 6.04. The van der Waals surface area contributed by atoms with E-state index in [0.717, 1.165) is 6.20 Å². The highest BCUT2D eigenvalue weighted by atomic mass is 16.6. The summed E-state index contributed by atoms with van der Waals surface area (Å²) in [7, 11) is 1.25. The van der Waals surface area contributed by atoms with E-state index in [9.17, 15) is 19.6 Å². The standard InChI is InChI=1S/C17H18N2O6/c1-9-13(17(22)24-4)10(2)18-14(9)15(20)11(3)25-16(21)12-7-5-6-8-19(12)23/h5-8,11,18H,1-4H3/t11-/m0/s1. The van der Waals surface area contributed by atoms with Crippen LogP contribution < -0.4 is 4.73 Å². The van der Waals surface area contributed by atoms with Crippen LogP contribution in [0.15, 0.2) is 24.4 Å². The highest BCUT2D eigenvalue weighted by Crippen LogP contribution is 2.21. The monoisotopic (exact) mass is 346 g/mol. The SMILES string of the molecule is COC(=O)c1c(C)[nH]c(C(=O)[C@H](C)OC(=O)c2cccc[n+]2[O-])c1C. The lowest BCUT2D eigenvalue weighted by Crippen LogP contribution is -2.36. The minimum atomic E-state index is -1.14. The van der Waals surface area contributed by atoms with Gasteiger partial charge in [0.15, 0.2) is 12.3 Å². The third-order valence-electron chi connectivity index (χ3n) is 3.76. The van der Waals surface area contributed by atoms with Gasteiger partial charge in [0, 0.05) is 17.8 Å². The summed E-state index contributed by atoms with van der Waals surface area (Å²) in [5.74, 6) is -1.99. The fraction of sp³-hybridized carbons (Fsp3) is 0.294. The maximum atomic E-state index is 12.5. The Labute approximate surface area is 144 Å². The van der Waals surface area contributed by atoms with Crippen LogP contribution in [-0.4, -0.2) is 35.9 Å². The molecule has 2 heterocycles. The van der Waals surface area contributed by atoms with Crippen LogP contribution in [-0.2, 0) is 9.47 Å². The van der Waals surface area contributed by atoms with Crippen molar-refractivity contribution in [3.63, 3.8) is 0 Å². The number of nitrogens with one attached hydrogen (secondary N) is 1. The maximum Gasteiger partial charge on any atom is 0.405 e. The number of ether oxygens (including phenoxy) is 2. The van der Waals surface area contributed by atoms with E-state index in [1.807, 2.05) is 0 Å². The summed E-state index contributed by atoms with van der Waals surface area (Å²) in [4.78, 5) is 39.2. The van der Waals surface area contributed by atoms with Gasteiger partial charge in [-0.2, -0.15) is 4.73 Å². The van der Waals surface area contributed by atoms with Crippen molar-refractivity contribution < 1.29 is 28.6 Å². The summed E-state index contributed by atoms with van der Waals surface area (Å²) < 4.78 is 10.1. The van der Waals surface area contributed by atoms with Crippen LogP contribution in [0.3, 0.4) is 0 Å². The van der Waals surface area contributed by atoms with Gasteiger partial charge in [-0.05, 0) is 32.4 Å². The Morgan fingerprint density at radius 3 is 2.48 bits per heavy atom. The Morgan fingerprint density at radius 2 is 1.88 bits per heavy atom. The van der Waals surface area contributed by atoms with E-state index in [0.29, 0.717) is 16.0 Å². The summed E-state index contributed by atoms with van der Waals surface area (Å²) in [6.07, 6.45) is 0.0134. The molecule has 2 aromatic heterocycles. The number of hydrogen-bond donors (Lipinski definition) is 1.